The van der Waals surface area contributed by atoms with Crippen LogP contribution in [0.1, 0.15) is 65.7 Å². The number of esters is 1. The zero-order valence-corrected chi connectivity index (χ0v) is 17.3. The van der Waals surface area contributed by atoms with E-state index in [1.165, 1.54) is 12.5 Å². The minimum absolute atomic E-state index is 0.0273. The summed E-state index contributed by atoms with van der Waals surface area (Å²) in [6.07, 6.45) is 8.94. The second-order valence-corrected chi connectivity index (χ2v) is 10.4. The molecule has 4 aliphatic carbocycles. The van der Waals surface area contributed by atoms with Gasteiger partial charge in [-0.15, -0.1) is 0 Å². The molecule has 0 aromatic rings. The van der Waals surface area contributed by atoms with Crippen molar-refractivity contribution < 1.29 is 24.5 Å². The van der Waals surface area contributed by atoms with Gasteiger partial charge in [0.1, 0.15) is 11.7 Å². The molecule has 9 atom stereocenters. The van der Waals surface area contributed by atoms with E-state index in [1.807, 2.05) is 6.92 Å². The van der Waals surface area contributed by atoms with Crippen LogP contribution in [0.2, 0.25) is 0 Å². The van der Waals surface area contributed by atoms with Gasteiger partial charge in [0.05, 0.1) is 18.8 Å². The average Bonchev–Trinajstić information content (AvgIpc) is 3.31. The van der Waals surface area contributed by atoms with Crippen LogP contribution in [0.25, 0.3) is 0 Å². The molecule has 5 heteroatoms. The third-order valence-electron chi connectivity index (χ3n) is 9.51. The fourth-order valence-electron chi connectivity index (χ4n) is 8.26. The molecule has 0 radical (unpaired) electrons. The predicted octanol–water partition coefficient (Wildman–Crippen LogP) is 2.98. The lowest BCUT2D eigenvalue weighted by molar-refractivity contribution is -0.151. The van der Waals surface area contributed by atoms with Crippen LogP contribution in [0.4, 0.5) is 0 Å². The predicted molar refractivity (Wildman–Crippen MR) is 103 cm³/mol. The highest BCUT2D eigenvalue weighted by atomic mass is 16.6. The number of allylic oxidation sites excluding steroid dienone is 1. The van der Waals surface area contributed by atoms with Crippen molar-refractivity contribution in [2.45, 2.75) is 89.6 Å². The Morgan fingerprint density at radius 2 is 2.14 bits per heavy atom. The summed E-state index contributed by atoms with van der Waals surface area (Å²) in [5.41, 5.74) is 0.846. The van der Waals surface area contributed by atoms with Gasteiger partial charge in [0, 0.05) is 18.8 Å². The van der Waals surface area contributed by atoms with Crippen LogP contribution in [-0.2, 0) is 14.3 Å². The molecule has 2 N–H and O–H groups in total. The van der Waals surface area contributed by atoms with Crippen LogP contribution < -0.4 is 0 Å². The third kappa shape index (κ3) is 2.21. The van der Waals surface area contributed by atoms with Gasteiger partial charge >= 0.3 is 5.97 Å². The van der Waals surface area contributed by atoms with Crippen LogP contribution in [0, 0.1) is 28.6 Å². The third-order valence-corrected chi connectivity index (χ3v) is 9.51. The van der Waals surface area contributed by atoms with Crippen molar-refractivity contribution in [1.29, 1.82) is 0 Å². The number of hydrogen-bond acceptors (Lipinski definition) is 5. The van der Waals surface area contributed by atoms with Gasteiger partial charge in [0.25, 0.3) is 0 Å². The molecular formula is C23H34O5. The van der Waals surface area contributed by atoms with Gasteiger partial charge in [0.2, 0.25) is 0 Å². The molecule has 4 fully saturated rings. The van der Waals surface area contributed by atoms with Crippen LogP contribution >= 0.6 is 0 Å². The maximum absolute atomic E-state index is 11.4. The molecule has 0 spiro atoms. The van der Waals surface area contributed by atoms with Crippen molar-refractivity contribution in [2.24, 2.45) is 28.6 Å². The molecule has 1 aliphatic heterocycles. The second kappa shape index (κ2) is 6.05. The minimum atomic E-state index is -0.532. The van der Waals surface area contributed by atoms with Gasteiger partial charge in [-0.2, -0.15) is 0 Å². The number of rotatable bonds is 3. The quantitative estimate of drug-likeness (QED) is 0.440. The number of carbonyl (C=O) groups is 1. The van der Waals surface area contributed by atoms with Crippen molar-refractivity contribution >= 4 is 5.97 Å². The molecule has 3 saturated carbocycles. The highest BCUT2D eigenvalue weighted by Crippen LogP contribution is 2.73. The number of carbonyl (C=O) groups excluding carboxylic acids is 1. The van der Waals surface area contributed by atoms with Crippen molar-refractivity contribution in [3.05, 3.63) is 11.6 Å². The summed E-state index contributed by atoms with van der Waals surface area (Å²) in [7, 11) is 0. The fourth-order valence-corrected chi connectivity index (χ4v) is 8.26. The highest BCUT2D eigenvalue weighted by molar-refractivity contribution is 5.66. The smallest absolute Gasteiger partial charge is 0.302 e. The summed E-state index contributed by atoms with van der Waals surface area (Å²) in [5.74, 6) is 1.40. The van der Waals surface area contributed by atoms with Crippen molar-refractivity contribution in [3.63, 3.8) is 0 Å². The van der Waals surface area contributed by atoms with Crippen LogP contribution in [0.5, 0.6) is 0 Å². The van der Waals surface area contributed by atoms with Gasteiger partial charge < -0.3 is 19.7 Å². The first-order valence-electron chi connectivity index (χ1n) is 11.1. The van der Waals surface area contributed by atoms with Gasteiger partial charge in [-0.25, -0.2) is 0 Å². The summed E-state index contributed by atoms with van der Waals surface area (Å²) in [4.78, 5) is 11.4. The van der Waals surface area contributed by atoms with E-state index in [9.17, 15) is 15.0 Å². The van der Waals surface area contributed by atoms with Crippen LogP contribution in [-0.4, -0.2) is 46.7 Å². The number of fused-ring (bicyclic) bond motifs is 7. The first kappa shape index (κ1) is 19.1. The maximum atomic E-state index is 11.4. The summed E-state index contributed by atoms with van der Waals surface area (Å²) in [5, 5.41) is 21.0. The maximum Gasteiger partial charge on any atom is 0.302 e. The Bertz CT molecular complexity index is 716. The summed E-state index contributed by atoms with van der Waals surface area (Å²) in [6.45, 7) is 5.87. The normalized spacial score (nSPS) is 52.5. The molecule has 5 rings (SSSR count). The zero-order chi connectivity index (χ0) is 19.9. The number of epoxide rings is 1. The molecule has 1 saturated heterocycles. The van der Waals surface area contributed by atoms with E-state index in [2.05, 4.69) is 13.0 Å². The Balaban J connectivity index is 1.44. The number of aliphatic hydroxyl groups excluding tert-OH is 2. The largest absolute Gasteiger partial charge is 0.462 e. The summed E-state index contributed by atoms with van der Waals surface area (Å²) >= 11 is 0. The zero-order valence-electron chi connectivity index (χ0n) is 17.3. The molecule has 5 aliphatic rings. The number of aliphatic hydroxyl groups is 2. The Kier molecular flexibility index (Phi) is 4.12. The summed E-state index contributed by atoms with van der Waals surface area (Å²) in [6, 6.07) is 0. The van der Waals surface area contributed by atoms with Crippen LogP contribution in [0.3, 0.4) is 0 Å². The van der Waals surface area contributed by atoms with Gasteiger partial charge in [0.15, 0.2) is 0 Å². The van der Waals surface area contributed by atoms with E-state index >= 15 is 0 Å². The van der Waals surface area contributed by atoms with Crippen molar-refractivity contribution in [2.75, 3.05) is 6.61 Å². The molecule has 0 amide bonds. The van der Waals surface area contributed by atoms with E-state index in [0.29, 0.717) is 17.8 Å². The Morgan fingerprint density at radius 1 is 1.36 bits per heavy atom. The standard InChI is InChI=1S/C23H34O5/c1-13(25)23-20(28-23)11-19-17-5-4-15-10-16(27-14(2)26)6-8-21(15,3)18(17)7-9-22(19,23)12-24/h4,13,16-20,24-25H,5-12H2,1-3H3/t13-,16-,17+,18-,19-,20+,21-,22+,23+/m0/s1. The van der Waals surface area contributed by atoms with E-state index in [1.54, 1.807) is 0 Å². The lowest BCUT2D eigenvalue weighted by Gasteiger charge is -2.59. The number of ether oxygens (including phenoxy) is 2. The Morgan fingerprint density at radius 3 is 2.82 bits per heavy atom. The lowest BCUT2D eigenvalue weighted by atomic mass is 9.46. The first-order chi connectivity index (χ1) is 13.3. The van der Waals surface area contributed by atoms with E-state index in [-0.39, 0.29) is 35.6 Å². The van der Waals surface area contributed by atoms with Crippen LogP contribution in [0.15, 0.2) is 11.6 Å². The molecule has 1 heterocycles. The molecule has 0 bridgehead atoms. The molecule has 5 nitrogen and oxygen atoms in total. The van der Waals surface area contributed by atoms with E-state index in [0.717, 1.165) is 44.9 Å². The minimum Gasteiger partial charge on any atom is -0.462 e. The van der Waals surface area contributed by atoms with Crippen molar-refractivity contribution in [3.8, 4) is 0 Å². The Labute approximate surface area is 167 Å². The Hall–Kier alpha value is -0.910. The highest BCUT2D eigenvalue weighted by Gasteiger charge is 2.80. The fraction of sp³-hybridized carbons (Fsp3) is 0.870. The molecule has 0 aromatic heterocycles. The van der Waals surface area contributed by atoms with Gasteiger partial charge in [-0.1, -0.05) is 18.6 Å². The van der Waals surface area contributed by atoms with E-state index < -0.39 is 11.7 Å². The first-order valence-corrected chi connectivity index (χ1v) is 11.1. The summed E-state index contributed by atoms with van der Waals surface area (Å²) < 4.78 is 11.6. The SMILES string of the molecule is CC(=O)O[C@H]1CC[C@@]2(C)C(=CC[C@H]3[C@@H]4C[C@H]5O[C@@]5([C@H](C)O)[C@@]4(CO)CC[C@@H]32)C1. The molecule has 0 aromatic carbocycles. The number of hydrogen-bond donors (Lipinski definition) is 2. The molecular weight excluding hydrogens is 356 g/mol. The second-order valence-electron chi connectivity index (χ2n) is 10.4. The molecule has 156 valence electrons. The van der Waals surface area contributed by atoms with Gasteiger partial charge in [-0.05, 0) is 68.6 Å². The van der Waals surface area contributed by atoms with Crippen molar-refractivity contribution in [1.82, 2.24) is 0 Å². The molecule has 28 heavy (non-hydrogen) atoms. The molecule has 0 unspecified atom stereocenters. The van der Waals surface area contributed by atoms with Gasteiger partial charge in [-0.3, -0.25) is 4.79 Å². The lowest BCUT2D eigenvalue weighted by Crippen LogP contribution is -2.57. The van der Waals surface area contributed by atoms with E-state index in [4.69, 9.17) is 9.47 Å². The topological polar surface area (TPSA) is 79.3 Å². The average molecular weight is 391 g/mol. The monoisotopic (exact) mass is 390 g/mol.